The second-order valence-corrected chi connectivity index (χ2v) is 11.7. The van der Waals surface area contributed by atoms with E-state index in [1.54, 1.807) is 0 Å². The minimum absolute atomic E-state index is 1.24. The lowest BCUT2D eigenvalue weighted by atomic mass is 9.91. The number of hydrogen-bond donors (Lipinski definition) is 0. The molecule has 8 aromatic rings. The summed E-state index contributed by atoms with van der Waals surface area (Å²) in [6.45, 7) is 2.14. The van der Waals surface area contributed by atoms with Gasteiger partial charge in [0.1, 0.15) is 0 Å². The number of aryl methyl sites for hydroxylation is 1. The van der Waals surface area contributed by atoms with Crippen molar-refractivity contribution in [1.29, 1.82) is 0 Å². The van der Waals surface area contributed by atoms with Gasteiger partial charge in [-0.05, 0) is 80.0 Å². The largest absolute Gasteiger partial charge is 0.135 e. The normalized spacial score (nSPS) is 11.6. The first kappa shape index (κ1) is 23.2. The first-order valence-electron chi connectivity index (χ1n) is 13.8. The van der Waals surface area contributed by atoms with E-state index in [0.717, 1.165) is 0 Å². The summed E-state index contributed by atoms with van der Waals surface area (Å²) in [6, 6.07) is 51.4. The molecule has 0 saturated carbocycles. The van der Waals surface area contributed by atoms with E-state index in [-0.39, 0.29) is 0 Å². The first-order chi connectivity index (χ1) is 19.7. The number of hydrogen-bond acceptors (Lipinski definition) is 1. The van der Waals surface area contributed by atoms with Crippen LogP contribution in [0, 0.1) is 6.92 Å². The second-order valence-electron chi connectivity index (χ2n) is 10.6. The lowest BCUT2D eigenvalue weighted by molar-refractivity contribution is 1.47. The summed E-state index contributed by atoms with van der Waals surface area (Å²) in [5.74, 6) is 0. The molecule has 188 valence electrons. The zero-order valence-corrected chi connectivity index (χ0v) is 23.0. The van der Waals surface area contributed by atoms with Gasteiger partial charge in [-0.25, -0.2) is 0 Å². The molecule has 7 aromatic carbocycles. The van der Waals surface area contributed by atoms with Gasteiger partial charge < -0.3 is 0 Å². The van der Waals surface area contributed by atoms with E-state index >= 15 is 0 Å². The monoisotopic (exact) mass is 526 g/mol. The van der Waals surface area contributed by atoms with Gasteiger partial charge >= 0.3 is 0 Å². The lowest BCUT2D eigenvalue weighted by Crippen LogP contribution is -1.87. The Hall–Kier alpha value is -4.72. The standard InChI is InChI=1S/C39H26S/c1-25-13-15-26(16-14-25)29-21-22-30-24-36(32-7-2-3-8-33(32)37(30)23-29)28-19-17-27(18-20-28)31-10-6-11-35-34-9-4-5-12-38(34)40-39(31)35/h2-24H,1H3. The first-order valence-corrected chi connectivity index (χ1v) is 14.6. The van der Waals surface area contributed by atoms with Crippen LogP contribution in [-0.2, 0) is 0 Å². The molecule has 0 nitrogen and oxygen atoms in total. The molecule has 0 atom stereocenters. The van der Waals surface area contributed by atoms with Crippen molar-refractivity contribution >= 4 is 53.1 Å². The summed E-state index contributed by atoms with van der Waals surface area (Å²) in [4.78, 5) is 0. The minimum atomic E-state index is 1.24. The van der Waals surface area contributed by atoms with E-state index in [9.17, 15) is 0 Å². The molecule has 0 radical (unpaired) electrons. The molecule has 0 spiro atoms. The number of rotatable bonds is 3. The fourth-order valence-corrected chi connectivity index (χ4v) is 7.31. The smallest absolute Gasteiger partial charge is 0.0433 e. The Kier molecular flexibility index (Phi) is 5.33. The SMILES string of the molecule is Cc1ccc(-c2ccc3cc(-c4ccc(-c5cccc6c5sc5ccccc56)cc4)c4ccccc4c3c2)cc1. The predicted octanol–water partition coefficient (Wildman–Crippen LogP) is 11.7. The third-order valence-electron chi connectivity index (χ3n) is 8.16. The van der Waals surface area contributed by atoms with E-state index in [0.29, 0.717) is 0 Å². The Balaban J connectivity index is 1.25. The van der Waals surface area contributed by atoms with E-state index in [1.165, 1.54) is 80.7 Å². The molecule has 0 aliphatic rings. The Morgan fingerprint density at radius 3 is 1.82 bits per heavy atom. The Morgan fingerprint density at radius 2 is 1.02 bits per heavy atom. The van der Waals surface area contributed by atoms with E-state index < -0.39 is 0 Å². The predicted molar refractivity (Wildman–Crippen MR) is 175 cm³/mol. The number of benzene rings is 7. The molecule has 1 aromatic heterocycles. The van der Waals surface area contributed by atoms with Crippen molar-refractivity contribution in [3.05, 3.63) is 145 Å². The molecule has 40 heavy (non-hydrogen) atoms. The van der Waals surface area contributed by atoms with Gasteiger partial charge in [-0.1, -0.05) is 127 Å². The van der Waals surface area contributed by atoms with Gasteiger partial charge in [0, 0.05) is 20.2 Å². The molecule has 0 unspecified atom stereocenters. The molecule has 0 saturated heterocycles. The van der Waals surface area contributed by atoms with Crippen LogP contribution in [0.4, 0.5) is 0 Å². The Bertz CT molecular complexity index is 2200. The van der Waals surface area contributed by atoms with Crippen molar-refractivity contribution in [3.8, 4) is 33.4 Å². The Labute approximate surface area is 237 Å². The van der Waals surface area contributed by atoms with Crippen LogP contribution in [0.15, 0.2) is 140 Å². The van der Waals surface area contributed by atoms with Gasteiger partial charge in [0.15, 0.2) is 0 Å². The second kappa shape index (κ2) is 9.19. The molecule has 0 aliphatic carbocycles. The van der Waals surface area contributed by atoms with Crippen LogP contribution in [0.2, 0.25) is 0 Å². The highest BCUT2D eigenvalue weighted by molar-refractivity contribution is 7.26. The third-order valence-corrected chi connectivity index (χ3v) is 9.38. The fraction of sp³-hybridized carbons (Fsp3) is 0.0256. The van der Waals surface area contributed by atoms with Gasteiger partial charge in [0.05, 0.1) is 0 Å². The van der Waals surface area contributed by atoms with Crippen LogP contribution >= 0.6 is 11.3 Å². The summed E-state index contributed by atoms with van der Waals surface area (Å²) in [5.41, 5.74) is 8.87. The van der Waals surface area contributed by atoms with Crippen LogP contribution in [-0.4, -0.2) is 0 Å². The zero-order valence-electron chi connectivity index (χ0n) is 22.2. The summed E-state index contributed by atoms with van der Waals surface area (Å²) in [7, 11) is 0. The van der Waals surface area contributed by atoms with Crippen LogP contribution < -0.4 is 0 Å². The average Bonchev–Trinajstić information content (AvgIpc) is 3.40. The third kappa shape index (κ3) is 3.74. The average molecular weight is 527 g/mol. The molecule has 0 N–H and O–H groups in total. The summed E-state index contributed by atoms with van der Waals surface area (Å²) >= 11 is 1.89. The highest BCUT2D eigenvalue weighted by Gasteiger charge is 2.12. The van der Waals surface area contributed by atoms with Crippen molar-refractivity contribution < 1.29 is 0 Å². The maximum Gasteiger partial charge on any atom is 0.0433 e. The van der Waals surface area contributed by atoms with Crippen LogP contribution in [0.3, 0.4) is 0 Å². The highest BCUT2D eigenvalue weighted by atomic mass is 32.1. The van der Waals surface area contributed by atoms with Crippen LogP contribution in [0.5, 0.6) is 0 Å². The summed E-state index contributed by atoms with van der Waals surface area (Å²) < 4.78 is 2.70. The van der Waals surface area contributed by atoms with E-state index in [4.69, 9.17) is 0 Å². The molecule has 8 rings (SSSR count). The zero-order chi connectivity index (χ0) is 26.6. The topological polar surface area (TPSA) is 0 Å². The number of fused-ring (bicyclic) bond motifs is 6. The van der Waals surface area contributed by atoms with Gasteiger partial charge in [-0.3, -0.25) is 0 Å². The maximum absolute atomic E-state index is 2.36. The van der Waals surface area contributed by atoms with Gasteiger partial charge in [0.25, 0.3) is 0 Å². The molecule has 0 bridgehead atoms. The molecular formula is C39H26S. The van der Waals surface area contributed by atoms with Gasteiger partial charge in [0.2, 0.25) is 0 Å². The Morgan fingerprint density at radius 1 is 0.400 bits per heavy atom. The fourth-order valence-electron chi connectivity index (χ4n) is 6.07. The molecule has 0 amide bonds. The van der Waals surface area contributed by atoms with E-state index in [1.807, 2.05) is 11.3 Å². The lowest BCUT2D eigenvalue weighted by Gasteiger charge is -2.13. The molecule has 1 heteroatoms. The van der Waals surface area contributed by atoms with Crippen molar-refractivity contribution in [3.63, 3.8) is 0 Å². The number of thiophene rings is 1. The molecular weight excluding hydrogens is 500 g/mol. The van der Waals surface area contributed by atoms with Crippen molar-refractivity contribution in [2.75, 3.05) is 0 Å². The van der Waals surface area contributed by atoms with Crippen LogP contribution in [0.25, 0.3) is 75.1 Å². The van der Waals surface area contributed by atoms with Crippen molar-refractivity contribution in [2.24, 2.45) is 0 Å². The molecule has 0 fully saturated rings. The van der Waals surface area contributed by atoms with Crippen molar-refractivity contribution in [2.45, 2.75) is 6.92 Å². The molecule has 0 aliphatic heterocycles. The quantitative estimate of drug-likeness (QED) is 0.201. The van der Waals surface area contributed by atoms with Gasteiger partial charge in [-0.2, -0.15) is 0 Å². The summed E-state index contributed by atoms with van der Waals surface area (Å²) in [5, 5.41) is 7.83. The van der Waals surface area contributed by atoms with E-state index in [2.05, 4.69) is 146 Å². The highest BCUT2D eigenvalue weighted by Crippen LogP contribution is 2.41. The summed E-state index contributed by atoms with van der Waals surface area (Å²) in [6.07, 6.45) is 0. The van der Waals surface area contributed by atoms with Crippen LogP contribution in [0.1, 0.15) is 5.56 Å². The maximum atomic E-state index is 2.36. The van der Waals surface area contributed by atoms with Gasteiger partial charge in [-0.15, -0.1) is 11.3 Å². The molecule has 1 heterocycles. The van der Waals surface area contributed by atoms with Crippen molar-refractivity contribution in [1.82, 2.24) is 0 Å². The minimum Gasteiger partial charge on any atom is -0.135 e.